The Morgan fingerprint density at radius 3 is 2.79 bits per heavy atom. The van der Waals surface area contributed by atoms with Crippen LogP contribution in [0.1, 0.15) is 50.8 Å². The molecule has 1 aromatic carbocycles. The first kappa shape index (κ1) is 29.4. The number of nitriles is 1. The first-order valence-corrected chi connectivity index (χ1v) is 15.2. The van der Waals surface area contributed by atoms with E-state index in [1.165, 1.54) is 0 Å². The smallest absolute Gasteiger partial charge is 0.412 e. The van der Waals surface area contributed by atoms with Gasteiger partial charge in [-0.3, -0.25) is 10.3 Å². The number of pyridine rings is 1. The summed E-state index contributed by atoms with van der Waals surface area (Å²) in [5.74, 6) is 0.428. The van der Waals surface area contributed by atoms with Crippen LogP contribution in [0.25, 0.3) is 32.2 Å². The lowest BCUT2D eigenvalue weighted by Crippen LogP contribution is -2.34. The lowest BCUT2D eigenvalue weighted by atomic mass is 9.94. The number of anilines is 2. The molecule has 2 N–H and O–H groups in total. The van der Waals surface area contributed by atoms with Gasteiger partial charge in [0, 0.05) is 35.1 Å². The van der Waals surface area contributed by atoms with Crippen LogP contribution < -0.4 is 15.5 Å². The fourth-order valence-corrected chi connectivity index (χ4v) is 7.35. The molecule has 3 aromatic heterocycles. The highest BCUT2D eigenvalue weighted by atomic mass is 35.5. The highest BCUT2D eigenvalue weighted by Gasteiger charge is 2.34. The van der Waals surface area contributed by atoms with Crippen molar-refractivity contribution in [3.05, 3.63) is 39.9 Å². The SMILES string of the molecule is CNC[C@H]1CCN(c2ncc3c4c(c(-c5ncc(F)c6sc(NC(=O)OC(C)(C)C)c(C#N)c56)c(Cl)c3n2)COC4)[C@H]1C. The summed E-state index contributed by atoms with van der Waals surface area (Å²) in [4.78, 5) is 28.9. The van der Waals surface area contributed by atoms with E-state index in [1.54, 1.807) is 27.0 Å². The maximum atomic E-state index is 15.2. The number of aromatic nitrogens is 3. The number of benzene rings is 1. The van der Waals surface area contributed by atoms with Gasteiger partial charge in [-0.05, 0) is 64.8 Å². The van der Waals surface area contributed by atoms with E-state index < -0.39 is 17.5 Å². The zero-order chi connectivity index (χ0) is 30.6. The highest BCUT2D eigenvalue weighted by molar-refractivity contribution is 7.23. The fraction of sp³-hybridized carbons (Fsp3) is 0.433. The van der Waals surface area contributed by atoms with E-state index in [1.807, 2.05) is 7.05 Å². The second-order valence-electron chi connectivity index (χ2n) is 11.8. The molecule has 224 valence electrons. The Kier molecular flexibility index (Phi) is 7.62. The summed E-state index contributed by atoms with van der Waals surface area (Å²) in [5.41, 5.74) is 2.36. The molecule has 1 amide bonds. The molecule has 1 saturated heterocycles. The molecule has 0 bridgehead atoms. The van der Waals surface area contributed by atoms with Gasteiger partial charge in [0.15, 0.2) is 5.82 Å². The maximum Gasteiger partial charge on any atom is 0.412 e. The Bertz CT molecular complexity index is 1820. The summed E-state index contributed by atoms with van der Waals surface area (Å²) < 4.78 is 26.6. The molecule has 5 heterocycles. The van der Waals surface area contributed by atoms with Crippen molar-refractivity contribution in [2.24, 2.45) is 5.92 Å². The van der Waals surface area contributed by atoms with Crippen molar-refractivity contribution in [3.63, 3.8) is 0 Å². The third-order valence-electron chi connectivity index (χ3n) is 7.96. The van der Waals surface area contributed by atoms with Crippen molar-refractivity contribution in [2.75, 3.05) is 30.4 Å². The van der Waals surface area contributed by atoms with Crippen molar-refractivity contribution >= 4 is 61.0 Å². The van der Waals surface area contributed by atoms with Crippen molar-refractivity contribution in [3.8, 4) is 17.3 Å². The van der Waals surface area contributed by atoms with Crippen molar-refractivity contribution in [2.45, 2.75) is 59.0 Å². The zero-order valence-electron chi connectivity index (χ0n) is 24.5. The van der Waals surface area contributed by atoms with Crippen LogP contribution >= 0.6 is 22.9 Å². The summed E-state index contributed by atoms with van der Waals surface area (Å²) in [7, 11) is 1.95. The molecule has 1 fully saturated rings. The van der Waals surface area contributed by atoms with E-state index in [-0.39, 0.29) is 33.3 Å². The molecule has 4 aromatic rings. The number of hydrogen-bond donors (Lipinski definition) is 2. The van der Waals surface area contributed by atoms with Crippen molar-refractivity contribution in [1.82, 2.24) is 20.3 Å². The van der Waals surface area contributed by atoms with Crippen LogP contribution in [0.3, 0.4) is 0 Å². The molecule has 10 nitrogen and oxygen atoms in total. The number of carbonyl (C=O) groups excluding carboxylic acids is 1. The molecule has 2 atom stereocenters. The average Bonchev–Trinajstić information content (AvgIpc) is 3.67. The van der Waals surface area contributed by atoms with Crippen LogP contribution in [0.5, 0.6) is 0 Å². The third-order valence-corrected chi connectivity index (χ3v) is 9.44. The van der Waals surface area contributed by atoms with Gasteiger partial charge in [-0.2, -0.15) is 5.26 Å². The molecule has 0 unspecified atom stereocenters. The number of nitrogens with zero attached hydrogens (tertiary/aromatic N) is 5. The van der Waals surface area contributed by atoms with Crippen molar-refractivity contribution in [1.29, 1.82) is 5.26 Å². The van der Waals surface area contributed by atoms with Crippen molar-refractivity contribution < 1.29 is 18.7 Å². The lowest BCUT2D eigenvalue weighted by Gasteiger charge is -2.25. The predicted octanol–water partition coefficient (Wildman–Crippen LogP) is 6.38. The summed E-state index contributed by atoms with van der Waals surface area (Å²) in [6.45, 7) is 9.68. The normalized spacial score (nSPS) is 18.3. The monoisotopic (exact) mass is 623 g/mol. The first-order valence-electron chi connectivity index (χ1n) is 14.0. The zero-order valence-corrected chi connectivity index (χ0v) is 26.0. The minimum atomic E-state index is -0.758. The molecular formula is C30H31ClFN7O3S. The van der Waals surface area contributed by atoms with Gasteiger partial charge in [0.1, 0.15) is 16.7 Å². The number of hydrogen-bond acceptors (Lipinski definition) is 10. The molecule has 0 saturated carbocycles. The molecule has 0 aliphatic carbocycles. The van der Waals surface area contributed by atoms with Gasteiger partial charge in [0.2, 0.25) is 5.95 Å². The van der Waals surface area contributed by atoms with Gasteiger partial charge >= 0.3 is 6.09 Å². The Hall–Kier alpha value is -3.63. The standard InChI is InChI=1S/C30H31ClFN7O3S/c1-14-15(9-34-5)6-7-39(14)28-36-10-17-18-12-41-13-19(18)21(23(31)24(17)37-28)25-22-16(8-33)27(38-29(40)42-30(2,3)4)43-26(22)20(32)11-35-25/h10-11,14-15,34H,6-7,9,12-13H2,1-5H3,(H,38,40)/t14-,15+/m0/s1. The van der Waals surface area contributed by atoms with Gasteiger partial charge in [0.05, 0.1) is 45.9 Å². The number of nitrogens with one attached hydrogen (secondary N) is 2. The van der Waals surface area contributed by atoms with Gasteiger partial charge < -0.3 is 19.7 Å². The predicted molar refractivity (Wildman–Crippen MR) is 165 cm³/mol. The van der Waals surface area contributed by atoms with Gasteiger partial charge in [-0.25, -0.2) is 19.2 Å². The molecular weight excluding hydrogens is 593 g/mol. The summed E-state index contributed by atoms with van der Waals surface area (Å²) >= 11 is 8.12. The van der Waals surface area contributed by atoms with E-state index in [4.69, 9.17) is 31.0 Å². The number of carbonyl (C=O) groups is 1. The topological polar surface area (TPSA) is 125 Å². The van der Waals surface area contributed by atoms with E-state index in [2.05, 4.69) is 33.5 Å². The van der Waals surface area contributed by atoms with Crippen LogP contribution in [0.4, 0.5) is 20.1 Å². The molecule has 43 heavy (non-hydrogen) atoms. The second kappa shape index (κ2) is 11.1. The Morgan fingerprint density at radius 1 is 1.30 bits per heavy atom. The molecule has 2 aliphatic heterocycles. The van der Waals surface area contributed by atoms with E-state index >= 15 is 4.39 Å². The Balaban J connectivity index is 1.53. The van der Waals surface area contributed by atoms with Crippen LogP contribution in [-0.4, -0.2) is 52.8 Å². The summed E-state index contributed by atoms with van der Waals surface area (Å²) in [6, 6.07) is 2.37. The molecule has 0 radical (unpaired) electrons. The molecule has 13 heteroatoms. The van der Waals surface area contributed by atoms with Crippen LogP contribution in [0.15, 0.2) is 12.4 Å². The Labute approximate surface area is 257 Å². The second-order valence-corrected chi connectivity index (χ2v) is 13.2. The quantitative estimate of drug-likeness (QED) is 0.260. The highest BCUT2D eigenvalue weighted by Crippen LogP contribution is 2.48. The number of fused-ring (bicyclic) bond motifs is 4. The van der Waals surface area contributed by atoms with Gasteiger partial charge in [-0.15, -0.1) is 11.3 Å². The van der Waals surface area contributed by atoms with E-state index in [0.717, 1.165) is 53.6 Å². The maximum absolute atomic E-state index is 15.2. The van der Waals surface area contributed by atoms with Crippen LogP contribution in [0.2, 0.25) is 5.02 Å². The number of thiophene rings is 1. The largest absolute Gasteiger partial charge is 0.444 e. The minimum absolute atomic E-state index is 0.0709. The number of amides is 1. The average molecular weight is 624 g/mol. The first-order chi connectivity index (χ1) is 20.5. The molecule has 2 aliphatic rings. The minimum Gasteiger partial charge on any atom is -0.444 e. The Morgan fingerprint density at radius 2 is 2.07 bits per heavy atom. The number of rotatable bonds is 5. The van der Waals surface area contributed by atoms with Crippen LogP contribution in [-0.2, 0) is 22.7 Å². The number of ether oxygens (including phenoxy) is 2. The van der Waals surface area contributed by atoms with Gasteiger partial charge in [0.25, 0.3) is 0 Å². The van der Waals surface area contributed by atoms with Crippen LogP contribution in [0, 0.1) is 23.1 Å². The summed E-state index contributed by atoms with van der Waals surface area (Å²) in [5, 5.41) is 17.6. The van der Waals surface area contributed by atoms with E-state index in [0.29, 0.717) is 40.3 Å². The lowest BCUT2D eigenvalue weighted by molar-refractivity contribution is 0.0636. The molecule has 0 spiro atoms. The van der Waals surface area contributed by atoms with E-state index in [9.17, 15) is 10.1 Å². The number of halogens is 2. The summed E-state index contributed by atoms with van der Waals surface area (Å²) in [6.07, 6.45) is 3.17. The van der Waals surface area contributed by atoms with Gasteiger partial charge in [-0.1, -0.05) is 11.6 Å². The fourth-order valence-electron chi connectivity index (χ4n) is 5.96. The third kappa shape index (κ3) is 5.14. The molecule has 6 rings (SSSR count).